The first-order chi connectivity index (χ1) is 11.6. The lowest BCUT2D eigenvalue weighted by molar-refractivity contribution is -0.121. The molecule has 0 spiro atoms. The van der Waals surface area contributed by atoms with E-state index in [2.05, 4.69) is 10.6 Å². The second-order valence-electron chi connectivity index (χ2n) is 7.16. The maximum Gasteiger partial charge on any atom is 0.227 e. The van der Waals surface area contributed by atoms with E-state index in [0.717, 1.165) is 56.3 Å². The van der Waals surface area contributed by atoms with Crippen molar-refractivity contribution in [3.63, 3.8) is 0 Å². The summed E-state index contributed by atoms with van der Waals surface area (Å²) in [7, 11) is 0. The fourth-order valence-electron chi connectivity index (χ4n) is 3.78. The molecule has 0 heterocycles. The predicted octanol–water partition coefficient (Wildman–Crippen LogP) is 3.27. The van der Waals surface area contributed by atoms with Gasteiger partial charge in [0.05, 0.1) is 0 Å². The Morgan fingerprint density at radius 3 is 2.08 bits per heavy atom. The maximum atomic E-state index is 12.3. The summed E-state index contributed by atoms with van der Waals surface area (Å²) in [6.07, 6.45) is 7.98. The van der Waals surface area contributed by atoms with Crippen LogP contribution in [0.2, 0.25) is 0 Å². The molecule has 5 heteroatoms. The van der Waals surface area contributed by atoms with Crippen LogP contribution >= 0.6 is 0 Å². The standard InChI is InChI=1S/C19H27N3O2/c20-15-10-9-14(11-15)19(24)22-17-8-4-7-16(12-17)21-18(23)13-5-2-1-3-6-13/h4,7-8,12-15H,1-3,5-6,9-11,20H2,(H,21,23)(H,22,24). The summed E-state index contributed by atoms with van der Waals surface area (Å²) in [5.41, 5.74) is 7.34. The number of anilines is 2. The van der Waals surface area contributed by atoms with Crippen molar-refractivity contribution in [2.75, 3.05) is 10.6 Å². The Morgan fingerprint density at radius 2 is 1.50 bits per heavy atom. The molecular formula is C19H27N3O2. The molecule has 2 atom stereocenters. The van der Waals surface area contributed by atoms with Crippen LogP contribution in [0.15, 0.2) is 24.3 Å². The van der Waals surface area contributed by atoms with Crippen LogP contribution in [0.4, 0.5) is 11.4 Å². The number of rotatable bonds is 4. The van der Waals surface area contributed by atoms with Crippen molar-refractivity contribution in [2.24, 2.45) is 17.6 Å². The first-order valence-corrected chi connectivity index (χ1v) is 9.09. The van der Waals surface area contributed by atoms with Crippen molar-refractivity contribution in [1.82, 2.24) is 0 Å². The first-order valence-electron chi connectivity index (χ1n) is 9.09. The highest BCUT2D eigenvalue weighted by Crippen LogP contribution is 2.27. The van der Waals surface area contributed by atoms with E-state index in [4.69, 9.17) is 5.73 Å². The van der Waals surface area contributed by atoms with Gasteiger partial charge < -0.3 is 16.4 Å². The Balaban J connectivity index is 1.57. The van der Waals surface area contributed by atoms with E-state index in [1.54, 1.807) is 0 Å². The quantitative estimate of drug-likeness (QED) is 0.792. The second kappa shape index (κ2) is 7.79. The van der Waals surface area contributed by atoms with Crippen LogP contribution in [0, 0.1) is 11.8 Å². The summed E-state index contributed by atoms with van der Waals surface area (Å²) in [6, 6.07) is 7.53. The van der Waals surface area contributed by atoms with Crippen LogP contribution in [-0.4, -0.2) is 17.9 Å². The lowest BCUT2D eigenvalue weighted by Crippen LogP contribution is -2.25. The summed E-state index contributed by atoms with van der Waals surface area (Å²) in [5, 5.41) is 5.94. The third-order valence-electron chi connectivity index (χ3n) is 5.22. The fraction of sp³-hybridized carbons (Fsp3) is 0.579. The Morgan fingerprint density at radius 1 is 0.875 bits per heavy atom. The molecule has 0 aromatic heterocycles. The molecule has 5 nitrogen and oxygen atoms in total. The van der Waals surface area contributed by atoms with Crippen LogP contribution in [0.1, 0.15) is 51.4 Å². The number of carbonyl (C=O) groups is 2. The highest BCUT2D eigenvalue weighted by molar-refractivity contribution is 5.95. The molecule has 0 saturated heterocycles. The number of nitrogens with two attached hydrogens (primary N) is 1. The predicted molar refractivity (Wildman–Crippen MR) is 95.6 cm³/mol. The van der Waals surface area contributed by atoms with Crippen molar-refractivity contribution < 1.29 is 9.59 Å². The van der Waals surface area contributed by atoms with E-state index >= 15 is 0 Å². The number of benzene rings is 1. The maximum absolute atomic E-state index is 12.3. The highest BCUT2D eigenvalue weighted by Gasteiger charge is 2.27. The van der Waals surface area contributed by atoms with Gasteiger partial charge in [-0.2, -0.15) is 0 Å². The van der Waals surface area contributed by atoms with E-state index in [1.807, 2.05) is 24.3 Å². The number of hydrogen-bond acceptors (Lipinski definition) is 3. The van der Waals surface area contributed by atoms with Crippen molar-refractivity contribution in [3.8, 4) is 0 Å². The van der Waals surface area contributed by atoms with Gasteiger partial charge in [-0.05, 0) is 50.3 Å². The minimum atomic E-state index is 0.000450. The number of nitrogens with one attached hydrogen (secondary N) is 2. The Kier molecular flexibility index (Phi) is 5.51. The molecule has 4 N–H and O–H groups in total. The van der Waals surface area contributed by atoms with Crippen molar-refractivity contribution in [1.29, 1.82) is 0 Å². The molecule has 2 amide bonds. The molecule has 24 heavy (non-hydrogen) atoms. The third kappa shape index (κ3) is 4.35. The number of carbonyl (C=O) groups excluding carboxylic acids is 2. The third-order valence-corrected chi connectivity index (χ3v) is 5.22. The molecule has 0 radical (unpaired) electrons. The number of amides is 2. The van der Waals surface area contributed by atoms with Gasteiger partial charge >= 0.3 is 0 Å². The van der Waals surface area contributed by atoms with Gasteiger partial charge in [0.15, 0.2) is 0 Å². The molecule has 2 fully saturated rings. The second-order valence-corrected chi connectivity index (χ2v) is 7.16. The Labute approximate surface area is 143 Å². The minimum Gasteiger partial charge on any atom is -0.328 e. The molecule has 0 bridgehead atoms. The molecule has 2 aliphatic rings. The zero-order chi connectivity index (χ0) is 16.9. The summed E-state index contributed by atoms with van der Waals surface area (Å²) in [6.45, 7) is 0. The van der Waals surface area contributed by atoms with Crippen molar-refractivity contribution in [2.45, 2.75) is 57.4 Å². The zero-order valence-electron chi connectivity index (χ0n) is 14.1. The summed E-state index contributed by atoms with van der Waals surface area (Å²) < 4.78 is 0. The molecule has 2 saturated carbocycles. The average Bonchev–Trinajstić information content (AvgIpc) is 3.02. The van der Waals surface area contributed by atoms with Gasteiger partial charge in [-0.3, -0.25) is 9.59 Å². The molecular weight excluding hydrogens is 302 g/mol. The van der Waals surface area contributed by atoms with Crippen LogP contribution in [0.5, 0.6) is 0 Å². The van der Waals surface area contributed by atoms with Crippen LogP contribution in [-0.2, 0) is 9.59 Å². The van der Waals surface area contributed by atoms with E-state index in [1.165, 1.54) is 6.42 Å². The smallest absolute Gasteiger partial charge is 0.227 e. The average molecular weight is 329 g/mol. The SMILES string of the molecule is NC1CCC(C(=O)Nc2cccc(NC(=O)C3CCCCC3)c2)C1. The van der Waals surface area contributed by atoms with Gasteiger partial charge in [0.2, 0.25) is 11.8 Å². The molecule has 2 aliphatic carbocycles. The molecule has 1 aromatic rings. The molecule has 0 aliphatic heterocycles. The van der Waals surface area contributed by atoms with Crippen molar-refractivity contribution in [3.05, 3.63) is 24.3 Å². The Bertz CT molecular complexity index is 562. The lowest BCUT2D eigenvalue weighted by Gasteiger charge is -2.21. The van der Waals surface area contributed by atoms with E-state index in [-0.39, 0.29) is 29.7 Å². The van der Waals surface area contributed by atoms with Gasteiger partial charge in [0.25, 0.3) is 0 Å². The van der Waals surface area contributed by atoms with Crippen LogP contribution < -0.4 is 16.4 Å². The molecule has 2 unspecified atom stereocenters. The highest BCUT2D eigenvalue weighted by atomic mass is 16.2. The van der Waals surface area contributed by atoms with Crippen LogP contribution in [0.3, 0.4) is 0 Å². The van der Waals surface area contributed by atoms with Crippen molar-refractivity contribution >= 4 is 23.2 Å². The number of hydrogen-bond donors (Lipinski definition) is 3. The first kappa shape index (κ1) is 17.0. The largest absolute Gasteiger partial charge is 0.328 e. The molecule has 130 valence electrons. The monoisotopic (exact) mass is 329 g/mol. The van der Waals surface area contributed by atoms with E-state index in [0.29, 0.717) is 0 Å². The Hall–Kier alpha value is -1.88. The van der Waals surface area contributed by atoms with E-state index < -0.39 is 0 Å². The molecule has 3 rings (SSSR count). The summed E-state index contributed by atoms with van der Waals surface area (Å²) in [5.74, 6) is 0.246. The van der Waals surface area contributed by atoms with Gasteiger partial charge in [-0.25, -0.2) is 0 Å². The van der Waals surface area contributed by atoms with E-state index in [9.17, 15) is 9.59 Å². The normalized spacial score (nSPS) is 24.5. The van der Waals surface area contributed by atoms with Crippen LogP contribution in [0.25, 0.3) is 0 Å². The minimum absolute atomic E-state index is 0.000450. The van der Waals surface area contributed by atoms with Gasteiger partial charge in [-0.1, -0.05) is 25.3 Å². The topological polar surface area (TPSA) is 84.2 Å². The fourth-order valence-corrected chi connectivity index (χ4v) is 3.78. The van der Waals surface area contributed by atoms with Gasteiger partial charge in [0.1, 0.15) is 0 Å². The summed E-state index contributed by atoms with van der Waals surface area (Å²) in [4.78, 5) is 24.6. The summed E-state index contributed by atoms with van der Waals surface area (Å²) >= 11 is 0. The zero-order valence-corrected chi connectivity index (χ0v) is 14.1. The molecule has 1 aromatic carbocycles. The van der Waals surface area contributed by atoms with Gasteiger partial charge in [-0.15, -0.1) is 0 Å². The van der Waals surface area contributed by atoms with Gasteiger partial charge in [0, 0.05) is 29.3 Å². The lowest BCUT2D eigenvalue weighted by atomic mass is 9.88.